The monoisotopic (exact) mass is 231 g/mol. The van der Waals surface area contributed by atoms with E-state index in [1.807, 2.05) is 0 Å². The second kappa shape index (κ2) is 4.58. The van der Waals surface area contributed by atoms with Crippen LogP contribution < -0.4 is 10.1 Å². The molecule has 1 amide bonds. The van der Waals surface area contributed by atoms with Gasteiger partial charge in [0.15, 0.2) is 6.61 Å². The predicted octanol–water partition coefficient (Wildman–Crippen LogP) is 0.542. The Morgan fingerprint density at radius 3 is 3.12 bits per heavy atom. The van der Waals surface area contributed by atoms with Crippen LogP contribution in [0.15, 0.2) is 18.2 Å². The van der Waals surface area contributed by atoms with E-state index in [0.29, 0.717) is 17.0 Å². The highest BCUT2D eigenvalue weighted by Gasteiger charge is 2.15. The number of carbonyl (C=O) groups excluding carboxylic acids is 2. The highest BCUT2D eigenvalue weighted by atomic mass is 16.5. The van der Waals surface area contributed by atoms with Gasteiger partial charge in [0.25, 0.3) is 5.91 Å². The Morgan fingerprint density at radius 2 is 2.35 bits per heavy atom. The minimum atomic E-state index is -0.608. The van der Waals surface area contributed by atoms with Crippen LogP contribution in [0.2, 0.25) is 0 Å². The van der Waals surface area contributed by atoms with Crippen molar-refractivity contribution in [1.29, 1.82) is 0 Å². The summed E-state index contributed by atoms with van der Waals surface area (Å²) in [5.74, 6) is 4.70. The molecule has 1 aromatic carbocycles. The van der Waals surface area contributed by atoms with Gasteiger partial charge in [-0.3, -0.25) is 4.79 Å². The molecule has 1 heterocycles. The van der Waals surface area contributed by atoms with E-state index in [-0.39, 0.29) is 12.5 Å². The van der Waals surface area contributed by atoms with Crippen LogP contribution in [0.4, 0.5) is 5.69 Å². The van der Waals surface area contributed by atoms with Gasteiger partial charge in [0, 0.05) is 11.5 Å². The van der Waals surface area contributed by atoms with E-state index < -0.39 is 5.97 Å². The number of amides is 1. The summed E-state index contributed by atoms with van der Waals surface area (Å²) >= 11 is 0. The standard InChI is InChI=1S/C12H9NO4/c1-16-12(15)5-3-8-2-4-10-9(6-8)13-11(14)7-17-10/h2,4,6H,7H2,1H3,(H,13,14). The molecule has 0 saturated heterocycles. The molecule has 1 aliphatic rings. The van der Waals surface area contributed by atoms with E-state index >= 15 is 0 Å². The van der Waals surface area contributed by atoms with Gasteiger partial charge in [0.2, 0.25) is 0 Å². The van der Waals surface area contributed by atoms with Gasteiger partial charge in [0.05, 0.1) is 12.8 Å². The van der Waals surface area contributed by atoms with E-state index in [4.69, 9.17) is 4.74 Å². The Hall–Kier alpha value is -2.48. The van der Waals surface area contributed by atoms with Gasteiger partial charge in [0.1, 0.15) is 5.75 Å². The quantitative estimate of drug-likeness (QED) is 0.523. The zero-order valence-corrected chi connectivity index (χ0v) is 9.07. The van der Waals surface area contributed by atoms with Crippen LogP contribution in [-0.4, -0.2) is 25.6 Å². The first kappa shape index (κ1) is 11.0. The fourth-order valence-electron chi connectivity index (χ4n) is 1.34. The van der Waals surface area contributed by atoms with Crippen LogP contribution in [0.1, 0.15) is 5.56 Å². The molecule has 17 heavy (non-hydrogen) atoms. The first-order valence-corrected chi connectivity index (χ1v) is 4.86. The molecule has 1 N–H and O–H groups in total. The Kier molecular flexibility index (Phi) is 2.97. The van der Waals surface area contributed by atoms with Crippen molar-refractivity contribution < 1.29 is 19.1 Å². The van der Waals surface area contributed by atoms with Gasteiger partial charge < -0.3 is 14.8 Å². The van der Waals surface area contributed by atoms with Crippen molar-refractivity contribution in [2.75, 3.05) is 19.0 Å². The third-order valence-electron chi connectivity index (χ3n) is 2.11. The molecule has 0 unspecified atom stereocenters. The van der Waals surface area contributed by atoms with Crippen molar-refractivity contribution in [1.82, 2.24) is 0 Å². The molecule has 86 valence electrons. The van der Waals surface area contributed by atoms with Crippen molar-refractivity contribution >= 4 is 17.6 Å². The average Bonchev–Trinajstić information content (AvgIpc) is 2.35. The lowest BCUT2D eigenvalue weighted by molar-refractivity contribution is -0.133. The molecule has 0 aliphatic carbocycles. The Bertz CT molecular complexity index is 539. The number of fused-ring (bicyclic) bond motifs is 1. The summed E-state index contributed by atoms with van der Waals surface area (Å²) in [6, 6.07) is 5.03. The van der Waals surface area contributed by atoms with Gasteiger partial charge in [-0.25, -0.2) is 4.79 Å². The van der Waals surface area contributed by atoms with Gasteiger partial charge in [-0.05, 0) is 18.2 Å². The SMILES string of the molecule is COC(=O)C#Cc1ccc2c(c1)NC(=O)CO2. The van der Waals surface area contributed by atoms with E-state index in [9.17, 15) is 9.59 Å². The molecule has 0 atom stereocenters. The van der Waals surface area contributed by atoms with E-state index in [1.54, 1.807) is 18.2 Å². The van der Waals surface area contributed by atoms with Crippen LogP contribution in [0.3, 0.4) is 0 Å². The van der Waals surface area contributed by atoms with Crippen molar-refractivity contribution in [3.63, 3.8) is 0 Å². The first-order valence-electron chi connectivity index (χ1n) is 4.86. The van der Waals surface area contributed by atoms with Crippen LogP contribution >= 0.6 is 0 Å². The highest BCUT2D eigenvalue weighted by Crippen LogP contribution is 2.27. The molecule has 2 rings (SSSR count). The topological polar surface area (TPSA) is 64.6 Å². The number of benzene rings is 1. The molecular weight excluding hydrogens is 222 g/mol. The zero-order chi connectivity index (χ0) is 12.3. The van der Waals surface area contributed by atoms with Crippen LogP contribution in [0, 0.1) is 11.8 Å². The van der Waals surface area contributed by atoms with Gasteiger partial charge in [-0.1, -0.05) is 5.92 Å². The minimum absolute atomic E-state index is 0.0141. The van der Waals surface area contributed by atoms with Gasteiger partial charge in [-0.15, -0.1) is 0 Å². The summed E-state index contributed by atoms with van der Waals surface area (Å²) in [6.45, 7) is 0.0141. The first-order chi connectivity index (χ1) is 8.19. The number of hydrogen-bond donors (Lipinski definition) is 1. The molecule has 0 spiro atoms. The Balaban J connectivity index is 2.26. The highest BCUT2D eigenvalue weighted by molar-refractivity contribution is 5.95. The smallest absolute Gasteiger partial charge is 0.384 e. The summed E-state index contributed by atoms with van der Waals surface area (Å²) in [5, 5.41) is 2.65. The molecule has 0 aromatic heterocycles. The molecule has 1 aliphatic heterocycles. The summed E-state index contributed by atoms with van der Waals surface area (Å²) in [5.41, 5.74) is 1.15. The number of nitrogens with one attached hydrogen (secondary N) is 1. The number of ether oxygens (including phenoxy) is 2. The van der Waals surface area contributed by atoms with Crippen LogP contribution in [-0.2, 0) is 14.3 Å². The van der Waals surface area contributed by atoms with Gasteiger partial charge in [-0.2, -0.15) is 0 Å². The maximum atomic E-state index is 11.1. The predicted molar refractivity (Wildman–Crippen MR) is 59.5 cm³/mol. The Morgan fingerprint density at radius 1 is 1.53 bits per heavy atom. The maximum absolute atomic E-state index is 11.1. The van der Waals surface area contributed by atoms with Crippen LogP contribution in [0.25, 0.3) is 0 Å². The number of rotatable bonds is 0. The fourth-order valence-corrected chi connectivity index (χ4v) is 1.34. The molecule has 0 fully saturated rings. The minimum Gasteiger partial charge on any atom is -0.482 e. The molecule has 0 radical (unpaired) electrons. The zero-order valence-electron chi connectivity index (χ0n) is 9.07. The lowest BCUT2D eigenvalue weighted by atomic mass is 10.1. The lowest BCUT2D eigenvalue weighted by Gasteiger charge is -2.17. The summed E-state index contributed by atoms with van der Waals surface area (Å²) in [7, 11) is 1.26. The number of carbonyl (C=O) groups is 2. The number of hydrogen-bond acceptors (Lipinski definition) is 4. The number of esters is 1. The Labute approximate surface area is 97.7 Å². The van der Waals surface area contributed by atoms with Crippen molar-refractivity contribution in [2.45, 2.75) is 0 Å². The average molecular weight is 231 g/mol. The number of methoxy groups -OCH3 is 1. The van der Waals surface area contributed by atoms with Crippen molar-refractivity contribution in [3.8, 4) is 17.6 Å². The molecule has 1 aromatic rings. The molecule has 0 saturated carbocycles. The third-order valence-corrected chi connectivity index (χ3v) is 2.11. The maximum Gasteiger partial charge on any atom is 0.384 e. The summed E-state index contributed by atoms with van der Waals surface area (Å²) in [6.07, 6.45) is 0. The second-order valence-electron chi connectivity index (χ2n) is 3.29. The lowest BCUT2D eigenvalue weighted by Crippen LogP contribution is -2.25. The van der Waals surface area contributed by atoms with Crippen molar-refractivity contribution in [2.24, 2.45) is 0 Å². The van der Waals surface area contributed by atoms with Crippen LogP contribution in [0.5, 0.6) is 5.75 Å². The van der Waals surface area contributed by atoms with E-state index in [2.05, 4.69) is 21.9 Å². The van der Waals surface area contributed by atoms with E-state index in [0.717, 1.165) is 0 Å². The normalized spacial score (nSPS) is 12.4. The summed E-state index contributed by atoms with van der Waals surface area (Å²) < 4.78 is 9.58. The van der Waals surface area contributed by atoms with Gasteiger partial charge >= 0.3 is 5.97 Å². The second-order valence-corrected chi connectivity index (χ2v) is 3.29. The molecule has 5 nitrogen and oxygen atoms in total. The third kappa shape index (κ3) is 2.55. The molecule has 0 bridgehead atoms. The molecule has 5 heteroatoms. The fraction of sp³-hybridized carbons (Fsp3) is 0.167. The largest absolute Gasteiger partial charge is 0.482 e. The van der Waals surface area contributed by atoms with Crippen molar-refractivity contribution in [3.05, 3.63) is 23.8 Å². The molecular formula is C12H9NO4. The summed E-state index contributed by atoms with van der Waals surface area (Å²) in [4.78, 5) is 21.9. The number of anilines is 1. The van der Waals surface area contributed by atoms with E-state index in [1.165, 1.54) is 7.11 Å².